The Labute approximate surface area is 347 Å². The van der Waals surface area contributed by atoms with E-state index in [4.69, 9.17) is 0 Å². The first-order valence-corrected chi connectivity index (χ1v) is 20.8. The van der Waals surface area contributed by atoms with Gasteiger partial charge in [0, 0.05) is 39.6 Å². The quantitative estimate of drug-likeness (QED) is 0.160. The molecule has 282 valence electrons. The molecule has 0 amide bonds. The molecule has 0 radical (unpaired) electrons. The van der Waals surface area contributed by atoms with Crippen LogP contribution in [0.1, 0.15) is 36.5 Å². The van der Waals surface area contributed by atoms with Gasteiger partial charge in [-0.3, -0.25) is 0 Å². The SMILES string of the molecule is CC1(C)c2ccccc2-c2c(-c3ccccc3N(c3ccc(-c4ccccc4)cc3)c3ccc(-c4cccc(N5c6ccccc6C6C=CC=CC65)c4)cc3)cccc21. The summed E-state index contributed by atoms with van der Waals surface area (Å²) in [6.45, 7) is 4.71. The summed E-state index contributed by atoms with van der Waals surface area (Å²) in [6, 6.07) is 71.7. The van der Waals surface area contributed by atoms with E-state index in [0.717, 1.165) is 17.1 Å². The van der Waals surface area contributed by atoms with Crippen LogP contribution < -0.4 is 9.80 Å². The first-order valence-electron chi connectivity index (χ1n) is 20.8. The second-order valence-electron chi connectivity index (χ2n) is 16.5. The molecule has 1 heterocycles. The zero-order chi connectivity index (χ0) is 39.5. The zero-order valence-electron chi connectivity index (χ0n) is 33.3. The molecule has 2 aliphatic carbocycles. The van der Waals surface area contributed by atoms with E-state index in [1.165, 1.54) is 72.6 Å². The summed E-state index contributed by atoms with van der Waals surface area (Å²) in [5.74, 6) is 0.355. The molecule has 8 aromatic rings. The molecule has 3 aliphatic rings. The van der Waals surface area contributed by atoms with E-state index in [-0.39, 0.29) is 11.5 Å². The first kappa shape index (κ1) is 35.0. The van der Waals surface area contributed by atoms with Crippen LogP contribution in [0.5, 0.6) is 0 Å². The predicted molar refractivity (Wildman–Crippen MR) is 248 cm³/mol. The van der Waals surface area contributed by atoms with Crippen molar-refractivity contribution in [1.82, 2.24) is 0 Å². The Kier molecular flexibility index (Phi) is 8.34. The molecule has 2 unspecified atom stereocenters. The predicted octanol–water partition coefficient (Wildman–Crippen LogP) is 15.2. The Morgan fingerprint density at radius 1 is 0.458 bits per heavy atom. The summed E-state index contributed by atoms with van der Waals surface area (Å²) in [7, 11) is 0. The maximum absolute atomic E-state index is 2.51. The number of rotatable bonds is 7. The molecule has 0 bridgehead atoms. The lowest BCUT2D eigenvalue weighted by Crippen LogP contribution is -2.28. The molecule has 1 aliphatic heterocycles. The number of para-hydroxylation sites is 2. The summed E-state index contributed by atoms with van der Waals surface area (Å²) >= 11 is 0. The van der Waals surface area contributed by atoms with Crippen LogP contribution in [-0.2, 0) is 5.41 Å². The van der Waals surface area contributed by atoms with Crippen LogP contribution in [-0.4, -0.2) is 6.04 Å². The molecule has 0 saturated heterocycles. The van der Waals surface area contributed by atoms with Crippen molar-refractivity contribution < 1.29 is 0 Å². The molecule has 11 rings (SSSR count). The highest BCUT2D eigenvalue weighted by Gasteiger charge is 2.38. The molecule has 0 spiro atoms. The van der Waals surface area contributed by atoms with Crippen LogP contribution in [0.15, 0.2) is 218 Å². The van der Waals surface area contributed by atoms with Crippen molar-refractivity contribution in [2.45, 2.75) is 31.2 Å². The average molecular weight is 757 g/mol. The molecule has 8 aromatic carbocycles. The Bertz CT molecular complexity index is 2920. The van der Waals surface area contributed by atoms with Gasteiger partial charge in [0.25, 0.3) is 0 Å². The van der Waals surface area contributed by atoms with Crippen molar-refractivity contribution in [3.63, 3.8) is 0 Å². The minimum Gasteiger partial charge on any atom is -0.333 e. The zero-order valence-corrected chi connectivity index (χ0v) is 33.3. The topological polar surface area (TPSA) is 6.48 Å². The van der Waals surface area contributed by atoms with Gasteiger partial charge in [-0.05, 0) is 104 Å². The minimum atomic E-state index is -0.0823. The molecular formula is C57H44N2. The number of allylic oxidation sites excluding steroid dienone is 2. The van der Waals surface area contributed by atoms with Crippen LogP contribution in [0.4, 0.5) is 28.4 Å². The van der Waals surface area contributed by atoms with Crippen molar-refractivity contribution in [2.24, 2.45) is 0 Å². The van der Waals surface area contributed by atoms with Crippen molar-refractivity contribution in [2.75, 3.05) is 9.80 Å². The Balaban J connectivity index is 1.02. The molecule has 0 N–H and O–H groups in total. The average Bonchev–Trinajstić information content (AvgIpc) is 3.76. The highest BCUT2D eigenvalue weighted by Crippen LogP contribution is 2.54. The van der Waals surface area contributed by atoms with Crippen LogP contribution in [0, 0.1) is 0 Å². The van der Waals surface area contributed by atoms with Crippen LogP contribution in [0.2, 0.25) is 0 Å². The maximum atomic E-state index is 2.51. The van der Waals surface area contributed by atoms with E-state index in [1.807, 2.05) is 0 Å². The van der Waals surface area contributed by atoms with E-state index < -0.39 is 0 Å². The van der Waals surface area contributed by atoms with E-state index in [9.17, 15) is 0 Å². The molecule has 0 fully saturated rings. The number of nitrogens with zero attached hydrogens (tertiary/aromatic N) is 2. The van der Waals surface area contributed by atoms with E-state index >= 15 is 0 Å². The van der Waals surface area contributed by atoms with Gasteiger partial charge in [0.2, 0.25) is 0 Å². The van der Waals surface area contributed by atoms with E-state index in [2.05, 4.69) is 242 Å². The fraction of sp³-hybridized carbons (Fsp3) is 0.0877. The van der Waals surface area contributed by atoms with Crippen molar-refractivity contribution >= 4 is 28.4 Å². The van der Waals surface area contributed by atoms with Gasteiger partial charge in [-0.15, -0.1) is 0 Å². The Morgan fingerprint density at radius 3 is 1.83 bits per heavy atom. The van der Waals surface area contributed by atoms with Gasteiger partial charge in [0.15, 0.2) is 0 Å². The van der Waals surface area contributed by atoms with E-state index in [1.54, 1.807) is 0 Å². The normalized spacial score (nSPS) is 16.6. The molecule has 0 aromatic heterocycles. The molecule has 2 heteroatoms. The van der Waals surface area contributed by atoms with E-state index in [0.29, 0.717) is 5.92 Å². The van der Waals surface area contributed by atoms with Gasteiger partial charge in [-0.2, -0.15) is 0 Å². The Morgan fingerprint density at radius 2 is 1.03 bits per heavy atom. The van der Waals surface area contributed by atoms with Crippen LogP contribution in [0.25, 0.3) is 44.5 Å². The summed E-state index contributed by atoms with van der Waals surface area (Å²) in [5.41, 5.74) is 19.8. The highest BCUT2D eigenvalue weighted by atomic mass is 15.2. The standard InChI is InChI=1S/C57H44N2/c1-57(2)51-25-10-6-23-50(51)56-49(24-15-26-52(56)57)48-22-9-11-27-53(48)58(43-34-30-40(31-35-43)39-16-4-3-5-17-39)44-36-32-41(33-37-44)42-18-14-19-45(38-42)59-54-28-12-7-20-46(54)47-21-8-13-29-55(47)59/h3-38,46,54H,1-2H3. The van der Waals surface area contributed by atoms with Crippen LogP contribution >= 0.6 is 0 Å². The summed E-state index contributed by atoms with van der Waals surface area (Å²) in [5, 5.41) is 0. The van der Waals surface area contributed by atoms with Gasteiger partial charge in [0.05, 0.1) is 11.7 Å². The smallest absolute Gasteiger partial charge is 0.0629 e. The lowest BCUT2D eigenvalue weighted by molar-refractivity contribution is 0.660. The molecule has 59 heavy (non-hydrogen) atoms. The summed E-state index contributed by atoms with van der Waals surface area (Å²) in [4.78, 5) is 4.94. The van der Waals surface area contributed by atoms with Gasteiger partial charge in [0.1, 0.15) is 0 Å². The summed E-state index contributed by atoms with van der Waals surface area (Å²) < 4.78 is 0. The third-order valence-electron chi connectivity index (χ3n) is 12.8. The first-order chi connectivity index (χ1) is 29.0. The van der Waals surface area contributed by atoms with Crippen molar-refractivity contribution in [3.8, 4) is 44.5 Å². The van der Waals surface area contributed by atoms with Gasteiger partial charge < -0.3 is 9.80 Å². The van der Waals surface area contributed by atoms with Gasteiger partial charge in [-0.25, -0.2) is 0 Å². The fourth-order valence-corrected chi connectivity index (χ4v) is 9.96. The monoisotopic (exact) mass is 756 g/mol. The largest absolute Gasteiger partial charge is 0.333 e. The highest BCUT2D eigenvalue weighted by molar-refractivity contribution is 5.98. The summed E-state index contributed by atoms with van der Waals surface area (Å²) in [6.07, 6.45) is 9.06. The minimum absolute atomic E-state index is 0.0823. The number of fused-ring (bicyclic) bond motifs is 6. The number of anilines is 5. The third kappa shape index (κ3) is 5.78. The molecule has 2 nitrogen and oxygen atoms in total. The third-order valence-corrected chi connectivity index (χ3v) is 12.8. The van der Waals surface area contributed by atoms with Crippen LogP contribution in [0.3, 0.4) is 0 Å². The number of hydrogen-bond acceptors (Lipinski definition) is 2. The van der Waals surface area contributed by atoms with Crippen molar-refractivity contribution in [3.05, 3.63) is 235 Å². The van der Waals surface area contributed by atoms with Gasteiger partial charge >= 0.3 is 0 Å². The lowest BCUT2D eigenvalue weighted by Gasteiger charge is -2.29. The fourth-order valence-electron chi connectivity index (χ4n) is 9.96. The van der Waals surface area contributed by atoms with Gasteiger partial charge in [-0.1, -0.05) is 184 Å². The molecular weight excluding hydrogens is 713 g/mol. The second kappa shape index (κ2) is 14.0. The van der Waals surface area contributed by atoms with Crippen molar-refractivity contribution in [1.29, 1.82) is 0 Å². The number of benzene rings is 8. The number of hydrogen-bond donors (Lipinski definition) is 0. The Hall–Kier alpha value is -7.16. The maximum Gasteiger partial charge on any atom is 0.0629 e. The molecule has 0 saturated carbocycles. The molecule has 2 atom stereocenters. The second-order valence-corrected chi connectivity index (χ2v) is 16.5. The lowest BCUT2D eigenvalue weighted by atomic mass is 9.82.